The van der Waals surface area contributed by atoms with Crippen LogP contribution in [0.4, 0.5) is 18.9 Å². The third-order valence-corrected chi connectivity index (χ3v) is 5.26. The van der Waals surface area contributed by atoms with Crippen molar-refractivity contribution >= 4 is 25.2 Å². The highest BCUT2D eigenvalue weighted by Gasteiger charge is 2.23. The predicted octanol–water partition coefficient (Wildman–Crippen LogP) is 5.84. The molecule has 0 fully saturated rings. The van der Waals surface area contributed by atoms with E-state index in [1.807, 2.05) is 0 Å². The molecule has 1 aromatic rings. The van der Waals surface area contributed by atoms with E-state index in [4.69, 9.17) is 9.05 Å². The molecule has 0 atom stereocenters. The summed E-state index contributed by atoms with van der Waals surface area (Å²) in [6, 6.07) is 6.75. The number of hydrogen-bond donors (Lipinski definition) is 1. The second-order valence-electron chi connectivity index (χ2n) is 4.23. The lowest BCUT2D eigenvalue weighted by atomic mass is 10.3. The predicted molar refractivity (Wildman–Crippen MR) is 86.6 cm³/mol. The first kappa shape index (κ1) is 20.1. The van der Waals surface area contributed by atoms with Crippen LogP contribution in [0.25, 0.3) is 0 Å². The largest absolute Gasteiger partial charge is 0.432 e. The van der Waals surface area contributed by atoms with Crippen LogP contribution in [0.5, 0.6) is 0 Å². The first-order valence-electron chi connectivity index (χ1n) is 7.00. The molecule has 0 unspecified atom stereocenters. The summed E-state index contributed by atoms with van der Waals surface area (Å²) in [4.78, 5) is 0.783. The normalized spacial score (nSPS) is 11.3. The monoisotopic (exact) mass is 369 g/mol. The summed E-state index contributed by atoms with van der Waals surface area (Å²) in [5.74, 6) is -1.18. The molecule has 0 saturated heterocycles. The van der Waals surface area contributed by atoms with Crippen molar-refractivity contribution in [1.29, 1.82) is 0 Å². The fraction of sp³-hybridized carbons (Fsp3) is 0.429. The van der Waals surface area contributed by atoms with Crippen molar-refractivity contribution in [2.75, 3.05) is 24.1 Å². The van der Waals surface area contributed by atoms with Crippen molar-refractivity contribution in [3.63, 3.8) is 0 Å². The Hall–Kier alpha value is -0.950. The van der Waals surface area contributed by atoms with Crippen LogP contribution < -0.4 is 5.09 Å². The maximum Gasteiger partial charge on any atom is 0.432 e. The van der Waals surface area contributed by atoms with E-state index in [2.05, 4.69) is 5.09 Å². The number of nitrogens with one attached hydrogen (secondary N) is 1. The first-order chi connectivity index (χ1) is 10.9. The summed E-state index contributed by atoms with van der Waals surface area (Å²) in [6.07, 6.45) is -2.59. The second kappa shape index (κ2) is 10.0. The van der Waals surface area contributed by atoms with Gasteiger partial charge in [0.2, 0.25) is 0 Å². The van der Waals surface area contributed by atoms with Crippen LogP contribution in [-0.2, 0) is 13.6 Å². The topological polar surface area (TPSA) is 47.6 Å². The Morgan fingerprint density at radius 1 is 1.13 bits per heavy atom. The average Bonchev–Trinajstić information content (AvgIpc) is 2.49. The molecule has 0 saturated carbocycles. The molecule has 4 nitrogen and oxygen atoms in total. The molecule has 0 aliphatic carbocycles. The molecule has 0 radical (unpaired) electrons. The van der Waals surface area contributed by atoms with E-state index < -0.39 is 19.7 Å². The molecular formula is C14H19F3NO3PS. The number of anilines is 1. The SMILES string of the molecule is CCOP(=O)(Nc1ccc(SCCC(F)=C(F)F)cc1)OCC. The zero-order valence-electron chi connectivity index (χ0n) is 12.9. The van der Waals surface area contributed by atoms with Crippen molar-refractivity contribution in [1.82, 2.24) is 0 Å². The Bertz CT molecular complexity index is 555. The smallest absolute Gasteiger partial charge is 0.293 e. The first-order valence-corrected chi connectivity index (χ1v) is 9.53. The summed E-state index contributed by atoms with van der Waals surface area (Å²) in [6.45, 7) is 3.90. The Morgan fingerprint density at radius 2 is 1.70 bits per heavy atom. The number of thioether (sulfide) groups is 1. The summed E-state index contributed by atoms with van der Waals surface area (Å²) >= 11 is 1.25. The number of halogens is 3. The van der Waals surface area contributed by atoms with Gasteiger partial charge in [0.25, 0.3) is 0 Å². The third kappa shape index (κ3) is 7.44. The van der Waals surface area contributed by atoms with E-state index >= 15 is 0 Å². The molecule has 0 bridgehead atoms. The minimum Gasteiger partial charge on any atom is -0.293 e. The summed E-state index contributed by atoms with van der Waals surface area (Å²) in [5, 5.41) is 2.71. The van der Waals surface area contributed by atoms with Crippen LogP contribution in [0, 0.1) is 0 Å². The van der Waals surface area contributed by atoms with Crippen molar-refractivity contribution in [3.05, 3.63) is 36.2 Å². The van der Waals surface area contributed by atoms with Gasteiger partial charge in [0.15, 0.2) is 5.83 Å². The summed E-state index contributed by atoms with van der Waals surface area (Å²) in [7, 11) is -3.40. The summed E-state index contributed by atoms with van der Waals surface area (Å²) < 4.78 is 59.1. The molecule has 0 spiro atoms. The zero-order chi connectivity index (χ0) is 17.3. The van der Waals surface area contributed by atoms with Crippen LogP contribution in [0.3, 0.4) is 0 Å². The minimum atomic E-state index is -3.40. The fourth-order valence-electron chi connectivity index (χ4n) is 1.58. The molecule has 9 heteroatoms. The Morgan fingerprint density at radius 3 is 2.17 bits per heavy atom. The van der Waals surface area contributed by atoms with E-state index in [0.29, 0.717) is 5.69 Å². The van der Waals surface area contributed by atoms with Crippen molar-refractivity contribution in [2.45, 2.75) is 25.2 Å². The van der Waals surface area contributed by atoms with Crippen molar-refractivity contribution in [3.8, 4) is 0 Å². The Balaban J connectivity index is 2.59. The molecule has 1 aromatic carbocycles. The minimum absolute atomic E-state index is 0.201. The van der Waals surface area contributed by atoms with Gasteiger partial charge in [-0.05, 0) is 38.1 Å². The van der Waals surface area contributed by atoms with E-state index in [1.54, 1.807) is 38.1 Å². The molecule has 0 aliphatic rings. The number of rotatable bonds is 10. The second-order valence-corrected chi connectivity index (χ2v) is 7.14. The quantitative estimate of drug-likeness (QED) is 0.415. The number of benzene rings is 1. The molecule has 130 valence electrons. The van der Waals surface area contributed by atoms with Gasteiger partial charge < -0.3 is 0 Å². The van der Waals surface area contributed by atoms with E-state index in [-0.39, 0.29) is 25.4 Å². The van der Waals surface area contributed by atoms with Gasteiger partial charge in [0.1, 0.15) is 0 Å². The van der Waals surface area contributed by atoms with Crippen molar-refractivity contribution < 1.29 is 26.8 Å². The molecule has 0 amide bonds. The van der Waals surface area contributed by atoms with Gasteiger partial charge in [-0.25, -0.2) is 8.96 Å². The molecule has 0 aliphatic heterocycles. The van der Waals surface area contributed by atoms with Gasteiger partial charge in [-0.15, -0.1) is 11.8 Å². The Labute approximate surface area is 138 Å². The maximum absolute atomic E-state index is 12.7. The molecule has 0 heterocycles. The Kier molecular flexibility index (Phi) is 8.76. The number of hydrogen-bond acceptors (Lipinski definition) is 4. The summed E-state index contributed by atoms with van der Waals surface area (Å²) in [5.41, 5.74) is 0.542. The van der Waals surface area contributed by atoms with E-state index in [1.165, 1.54) is 11.8 Å². The maximum atomic E-state index is 12.7. The lowest BCUT2D eigenvalue weighted by Gasteiger charge is -2.18. The van der Waals surface area contributed by atoms with Crippen molar-refractivity contribution in [2.24, 2.45) is 0 Å². The van der Waals surface area contributed by atoms with Crippen LogP contribution in [0.2, 0.25) is 0 Å². The van der Waals surface area contributed by atoms with Gasteiger partial charge in [-0.1, -0.05) is 0 Å². The molecular weight excluding hydrogens is 350 g/mol. The van der Waals surface area contributed by atoms with Crippen LogP contribution in [0.1, 0.15) is 20.3 Å². The molecule has 1 N–H and O–H groups in total. The lowest BCUT2D eigenvalue weighted by Crippen LogP contribution is -2.04. The molecule has 1 rings (SSSR count). The van der Waals surface area contributed by atoms with Crippen LogP contribution in [-0.4, -0.2) is 19.0 Å². The van der Waals surface area contributed by atoms with Gasteiger partial charge in [0.05, 0.1) is 13.2 Å². The lowest BCUT2D eigenvalue weighted by molar-refractivity contribution is 0.225. The van der Waals surface area contributed by atoms with Gasteiger partial charge in [0, 0.05) is 22.8 Å². The highest BCUT2D eigenvalue weighted by molar-refractivity contribution is 7.99. The van der Waals surface area contributed by atoms with Crippen LogP contribution in [0.15, 0.2) is 41.1 Å². The van der Waals surface area contributed by atoms with Gasteiger partial charge in [-0.3, -0.25) is 14.1 Å². The average molecular weight is 369 g/mol. The standard InChI is InChI=1S/C14H19F3NO3PS/c1-3-20-22(19,21-4-2)18-11-5-7-12(8-6-11)23-10-9-13(15)14(16)17/h5-8H,3-4,9-10H2,1-2H3,(H,18,19). The van der Waals surface area contributed by atoms with Crippen LogP contribution >= 0.6 is 19.5 Å². The molecule has 23 heavy (non-hydrogen) atoms. The van der Waals surface area contributed by atoms with Gasteiger partial charge in [-0.2, -0.15) is 8.78 Å². The highest BCUT2D eigenvalue weighted by Crippen LogP contribution is 2.47. The number of allylic oxidation sites excluding steroid dienone is 1. The third-order valence-electron chi connectivity index (χ3n) is 2.51. The van der Waals surface area contributed by atoms with E-state index in [0.717, 1.165) is 4.90 Å². The zero-order valence-corrected chi connectivity index (χ0v) is 14.6. The van der Waals surface area contributed by atoms with Gasteiger partial charge >= 0.3 is 13.8 Å². The molecule has 0 aromatic heterocycles. The van der Waals surface area contributed by atoms with E-state index in [9.17, 15) is 17.7 Å². The fourth-order valence-corrected chi connectivity index (χ4v) is 3.77. The highest BCUT2D eigenvalue weighted by atomic mass is 32.2.